The number of carbonyl (C=O) groups is 3. The van der Waals surface area contributed by atoms with Gasteiger partial charge in [-0.1, -0.05) is 0 Å². The molecular weight excluding hydrogens is 184 g/mol. The van der Waals surface area contributed by atoms with Crippen molar-refractivity contribution >= 4 is 29.7 Å². The summed E-state index contributed by atoms with van der Waals surface area (Å²) < 4.78 is 0. The van der Waals surface area contributed by atoms with E-state index in [-0.39, 0.29) is 19.0 Å². The highest BCUT2D eigenvalue weighted by Gasteiger charge is 2.02. The average Bonchev–Trinajstić information content (AvgIpc) is 2.10. The summed E-state index contributed by atoms with van der Waals surface area (Å²) in [6.07, 6.45) is 0.557. The Balaban J connectivity index is 3.43. The molecule has 0 radical (unpaired) electrons. The SMILES string of the molecule is O=CCNC(=O)CNC(=O)CCl. The second kappa shape index (κ2) is 6.60. The molecular formula is C6H9ClN2O3. The molecule has 0 aliphatic heterocycles. The summed E-state index contributed by atoms with van der Waals surface area (Å²) in [5.74, 6) is -1.01. The van der Waals surface area contributed by atoms with E-state index in [1.807, 2.05) is 0 Å². The number of amides is 2. The first-order valence-electron chi connectivity index (χ1n) is 3.23. The van der Waals surface area contributed by atoms with Gasteiger partial charge in [-0.15, -0.1) is 11.6 Å². The van der Waals surface area contributed by atoms with E-state index in [1.165, 1.54) is 0 Å². The summed E-state index contributed by atoms with van der Waals surface area (Å²) >= 11 is 5.14. The summed E-state index contributed by atoms with van der Waals surface area (Å²) in [4.78, 5) is 31.0. The standard InChI is InChI=1S/C6H9ClN2O3/c7-3-5(11)9-4-6(12)8-1-2-10/h2H,1,3-4H2,(H,8,12)(H,9,11). The smallest absolute Gasteiger partial charge is 0.239 e. The first-order valence-corrected chi connectivity index (χ1v) is 3.77. The fourth-order valence-corrected chi connectivity index (χ4v) is 0.539. The lowest BCUT2D eigenvalue weighted by Crippen LogP contribution is -2.37. The number of rotatable bonds is 5. The summed E-state index contributed by atoms with van der Waals surface area (Å²) in [6, 6.07) is 0. The van der Waals surface area contributed by atoms with E-state index in [1.54, 1.807) is 0 Å². The Kier molecular flexibility index (Phi) is 6.00. The first kappa shape index (κ1) is 10.9. The van der Waals surface area contributed by atoms with Gasteiger partial charge in [-0.2, -0.15) is 0 Å². The minimum Gasteiger partial charge on any atom is -0.348 e. The maximum atomic E-state index is 10.7. The maximum Gasteiger partial charge on any atom is 0.239 e. The van der Waals surface area contributed by atoms with Crippen molar-refractivity contribution in [3.05, 3.63) is 0 Å². The number of aldehydes is 1. The number of hydrogen-bond donors (Lipinski definition) is 2. The Hall–Kier alpha value is -1.10. The molecule has 0 saturated carbocycles. The zero-order valence-electron chi connectivity index (χ0n) is 6.30. The number of alkyl halides is 1. The van der Waals surface area contributed by atoms with Crippen molar-refractivity contribution < 1.29 is 14.4 Å². The second-order valence-corrected chi connectivity index (χ2v) is 2.15. The highest BCUT2D eigenvalue weighted by atomic mass is 35.5. The third-order valence-electron chi connectivity index (χ3n) is 0.950. The van der Waals surface area contributed by atoms with Gasteiger partial charge in [0.15, 0.2) is 0 Å². The van der Waals surface area contributed by atoms with E-state index >= 15 is 0 Å². The average molecular weight is 193 g/mol. The Morgan fingerprint density at radius 2 is 1.92 bits per heavy atom. The largest absolute Gasteiger partial charge is 0.348 e. The van der Waals surface area contributed by atoms with E-state index in [4.69, 9.17) is 11.6 Å². The lowest BCUT2D eigenvalue weighted by atomic mass is 10.5. The molecule has 2 amide bonds. The highest BCUT2D eigenvalue weighted by molar-refractivity contribution is 6.27. The second-order valence-electron chi connectivity index (χ2n) is 1.88. The molecule has 0 aromatic carbocycles. The molecule has 6 heteroatoms. The molecule has 0 aromatic heterocycles. The lowest BCUT2D eigenvalue weighted by molar-refractivity contribution is -0.125. The van der Waals surface area contributed by atoms with Crippen LogP contribution in [0.5, 0.6) is 0 Å². The Labute approximate surface area is 74.5 Å². The van der Waals surface area contributed by atoms with E-state index in [9.17, 15) is 14.4 Å². The highest BCUT2D eigenvalue weighted by Crippen LogP contribution is 1.73. The monoisotopic (exact) mass is 192 g/mol. The van der Waals surface area contributed by atoms with Crippen LogP contribution >= 0.6 is 11.6 Å². The number of hydrogen-bond acceptors (Lipinski definition) is 3. The van der Waals surface area contributed by atoms with Crippen LogP contribution < -0.4 is 10.6 Å². The Bertz CT molecular complexity index is 184. The first-order chi connectivity index (χ1) is 5.70. The van der Waals surface area contributed by atoms with Crippen molar-refractivity contribution in [3.8, 4) is 0 Å². The number of halogens is 1. The van der Waals surface area contributed by atoms with Crippen LogP contribution in [0.25, 0.3) is 0 Å². The van der Waals surface area contributed by atoms with Gasteiger partial charge in [0, 0.05) is 0 Å². The van der Waals surface area contributed by atoms with Crippen molar-refractivity contribution in [1.29, 1.82) is 0 Å². The van der Waals surface area contributed by atoms with Crippen molar-refractivity contribution in [3.63, 3.8) is 0 Å². The van der Waals surface area contributed by atoms with Crippen LogP contribution in [-0.4, -0.2) is 37.1 Å². The van der Waals surface area contributed by atoms with Crippen LogP contribution in [-0.2, 0) is 14.4 Å². The lowest BCUT2D eigenvalue weighted by Gasteiger charge is -2.01. The van der Waals surface area contributed by atoms with Gasteiger partial charge < -0.3 is 15.4 Å². The Morgan fingerprint density at radius 1 is 1.25 bits per heavy atom. The molecule has 5 nitrogen and oxygen atoms in total. The van der Waals surface area contributed by atoms with Crippen molar-refractivity contribution in [1.82, 2.24) is 10.6 Å². The Morgan fingerprint density at radius 3 is 2.42 bits per heavy atom. The molecule has 0 aliphatic carbocycles. The van der Waals surface area contributed by atoms with Gasteiger partial charge in [-0.3, -0.25) is 9.59 Å². The summed E-state index contributed by atoms with van der Waals surface area (Å²) in [5, 5.41) is 4.49. The minimum absolute atomic E-state index is 0.0461. The molecule has 2 N–H and O–H groups in total. The number of nitrogens with one attached hydrogen (secondary N) is 2. The van der Waals surface area contributed by atoms with E-state index < -0.39 is 11.8 Å². The van der Waals surface area contributed by atoms with E-state index in [0.717, 1.165) is 0 Å². The molecule has 0 rings (SSSR count). The van der Waals surface area contributed by atoms with Crippen molar-refractivity contribution in [2.24, 2.45) is 0 Å². The molecule has 0 atom stereocenters. The van der Waals surface area contributed by atoms with Crippen LogP contribution in [0.3, 0.4) is 0 Å². The van der Waals surface area contributed by atoms with Crippen molar-refractivity contribution in [2.45, 2.75) is 0 Å². The van der Waals surface area contributed by atoms with Crippen LogP contribution in [0.2, 0.25) is 0 Å². The van der Waals surface area contributed by atoms with Gasteiger partial charge in [0.2, 0.25) is 11.8 Å². The topological polar surface area (TPSA) is 75.3 Å². The fourth-order valence-electron chi connectivity index (χ4n) is 0.444. The van der Waals surface area contributed by atoms with Gasteiger partial charge in [-0.25, -0.2) is 0 Å². The molecule has 0 unspecified atom stereocenters. The molecule has 12 heavy (non-hydrogen) atoms. The van der Waals surface area contributed by atoms with Crippen LogP contribution in [0.15, 0.2) is 0 Å². The van der Waals surface area contributed by atoms with Crippen LogP contribution in [0.4, 0.5) is 0 Å². The van der Waals surface area contributed by atoms with Gasteiger partial charge in [0.1, 0.15) is 12.2 Å². The third kappa shape index (κ3) is 5.67. The molecule has 0 saturated heterocycles. The van der Waals surface area contributed by atoms with Gasteiger partial charge in [-0.05, 0) is 0 Å². The summed E-state index contributed by atoms with van der Waals surface area (Å²) in [6.45, 7) is -0.199. The molecule has 0 fully saturated rings. The molecule has 0 aromatic rings. The zero-order chi connectivity index (χ0) is 9.40. The predicted octanol–water partition coefficient (Wildman–Crippen LogP) is -1.34. The molecule has 0 bridgehead atoms. The summed E-state index contributed by atoms with van der Waals surface area (Å²) in [7, 11) is 0. The number of carbonyl (C=O) groups excluding carboxylic acids is 3. The van der Waals surface area contributed by atoms with Crippen LogP contribution in [0, 0.1) is 0 Å². The third-order valence-corrected chi connectivity index (χ3v) is 1.19. The minimum atomic E-state index is -0.419. The van der Waals surface area contributed by atoms with Gasteiger partial charge >= 0.3 is 0 Å². The molecule has 0 heterocycles. The molecule has 68 valence electrons. The molecule has 0 aliphatic rings. The quantitative estimate of drug-likeness (QED) is 0.418. The molecule has 0 spiro atoms. The predicted molar refractivity (Wildman–Crippen MR) is 42.8 cm³/mol. The maximum absolute atomic E-state index is 10.7. The van der Waals surface area contributed by atoms with Crippen LogP contribution in [0.1, 0.15) is 0 Å². The van der Waals surface area contributed by atoms with E-state index in [0.29, 0.717) is 6.29 Å². The fraction of sp³-hybridized carbons (Fsp3) is 0.500. The zero-order valence-corrected chi connectivity index (χ0v) is 7.06. The van der Waals surface area contributed by atoms with Crippen molar-refractivity contribution in [2.75, 3.05) is 19.0 Å². The normalized spacial score (nSPS) is 8.75. The summed E-state index contributed by atoms with van der Waals surface area (Å²) in [5.41, 5.74) is 0. The van der Waals surface area contributed by atoms with Gasteiger partial charge in [0.05, 0.1) is 13.1 Å². The van der Waals surface area contributed by atoms with Gasteiger partial charge in [0.25, 0.3) is 0 Å². The van der Waals surface area contributed by atoms with E-state index in [2.05, 4.69) is 10.6 Å².